The number of hydrogen-bond donors (Lipinski definition) is 1. The predicted molar refractivity (Wildman–Crippen MR) is 104 cm³/mol. The van der Waals surface area contributed by atoms with E-state index in [-0.39, 0.29) is 5.56 Å². The van der Waals surface area contributed by atoms with Crippen LogP contribution >= 0.6 is 11.6 Å². The van der Waals surface area contributed by atoms with Gasteiger partial charge in [0.05, 0.1) is 0 Å². The first kappa shape index (κ1) is 16.4. The van der Waals surface area contributed by atoms with Crippen molar-refractivity contribution in [3.05, 3.63) is 87.2 Å². The maximum absolute atomic E-state index is 12.6. The summed E-state index contributed by atoms with van der Waals surface area (Å²) in [6, 6.07) is 18.1. The van der Waals surface area contributed by atoms with Crippen molar-refractivity contribution in [1.82, 2.24) is 0 Å². The fourth-order valence-corrected chi connectivity index (χ4v) is 3.21. The standard InChI is InChI=1S/C21H14ClNO3/c1-12-10-14(22)7-8-18(12)23-20(24)17-11-16-15-5-3-2-4-13(15)6-9-19(16)26-21(17)25/h2-11H,1H3,(H,23,24). The number of amides is 1. The summed E-state index contributed by atoms with van der Waals surface area (Å²) in [7, 11) is 0. The molecule has 1 aromatic heterocycles. The van der Waals surface area contributed by atoms with Crippen LogP contribution < -0.4 is 10.9 Å². The Labute approximate surface area is 154 Å². The molecule has 0 radical (unpaired) electrons. The number of hydrogen-bond acceptors (Lipinski definition) is 3. The van der Waals surface area contributed by atoms with Gasteiger partial charge in [-0.1, -0.05) is 41.9 Å². The van der Waals surface area contributed by atoms with E-state index in [1.54, 1.807) is 30.3 Å². The third-order valence-electron chi connectivity index (χ3n) is 4.32. The lowest BCUT2D eigenvalue weighted by Gasteiger charge is -2.09. The van der Waals surface area contributed by atoms with Gasteiger partial charge in [-0.2, -0.15) is 0 Å². The van der Waals surface area contributed by atoms with E-state index < -0.39 is 11.5 Å². The van der Waals surface area contributed by atoms with Crippen LogP contribution in [0, 0.1) is 6.92 Å². The Kier molecular flexibility index (Phi) is 3.98. The molecule has 0 fully saturated rings. The quantitative estimate of drug-likeness (QED) is 0.395. The predicted octanol–water partition coefficient (Wildman–Crippen LogP) is 5.16. The summed E-state index contributed by atoms with van der Waals surface area (Å²) < 4.78 is 5.37. The summed E-state index contributed by atoms with van der Waals surface area (Å²) in [5.41, 5.74) is 1.14. The monoisotopic (exact) mass is 363 g/mol. The maximum atomic E-state index is 12.6. The van der Waals surface area contributed by atoms with Gasteiger partial charge in [0.15, 0.2) is 0 Å². The summed E-state index contributed by atoms with van der Waals surface area (Å²) in [4.78, 5) is 24.9. The number of nitrogens with one attached hydrogen (secondary N) is 1. The van der Waals surface area contributed by atoms with Crippen LogP contribution in [-0.2, 0) is 0 Å². The van der Waals surface area contributed by atoms with Crippen LogP contribution in [0.15, 0.2) is 69.9 Å². The van der Waals surface area contributed by atoms with Gasteiger partial charge in [-0.05, 0) is 53.6 Å². The first-order valence-electron chi connectivity index (χ1n) is 8.06. The Morgan fingerprint density at radius 2 is 1.81 bits per heavy atom. The van der Waals surface area contributed by atoms with E-state index in [2.05, 4.69) is 5.32 Å². The minimum Gasteiger partial charge on any atom is -0.422 e. The van der Waals surface area contributed by atoms with E-state index in [1.807, 2.05) is 37.3 Å². The highest BCUT2D eigenvalue weighted by Crippen LogP contribution is 2.25. The van der Waals surface area contributed by atoms with Crippen LogP contribution in [0.5, 0.6) is 0 Å². The maximum Gasteiger partial charge on any atom is 0.349 e. The minimum absolute atomic E-state index is 0.0387. The van der Waals surface area contributed by atoms with E-state index in [0.29, 0.717) is 16.3 Å². The van der Waals surface area contributed by atoms with Gasteiger partial charge in [0.2, 0.25) is 0 Å². The van der Waals surface area contributed by atoms with Gasteiger partial charge in [-0.3, -0.25) is 4.79 Å². The van der Waals surface area contributed by atoms with E-state index in [0.717, 1.165) is 21.7 Å². The molecule has 0 unspecified atom stereocenters. The first-order chi connectivity index (χ1) is 12.5. The van der Waals surface area contributed by atoms with Gasteiger partial charge in [-0.15, -0.1) is 0 Å². The second-order valence-corrected chi connectivity index (χ2v) is 6.50. The van der Waals surface area contributed by atoms with Crippen molar-refractivity contribution in [1.29, 1.82) is 0 Å². The Hall–Kier alpha value is -3.11. The molecule has 0 bridgehead atoms. The largest absolute Gasteiger partial charge is 0.422 e. The Morgan fingerprint density at radius 3 is 2.62 bits per heavy atom. The molecule has 26 heavy (non-hydrogen) atoms. The van der Waals surface area contributed by atoms with E-state index in [1.165, 1.54) is 0 Å². The Bertz CT molecular complexity index is 1230. The van der Waals surface area contributed by atoms with Crippen LogP contribution in [0.4, 0.5) is 5.69 Å². The molecule has 128 valence electrons. The third kappa shape index (κ3) is 2.85. The summed E-state index contributed by atoms with van der Waals surface area (Å²) in [6.07, 6.45) is 0. The number of anilines is 1. The van der Waals surface area contributed by atoms with Crippen molar-refractivity contribution in [3.8, 4) is 0 Å². The molecule has 0 spiro atoms. The summed E-state index contributed by atoms with van der Waals surface area (Å²) in [5, 5.41) is 5.98. The van der Waals surface area contributed by atoms with Crippen LogP contribution in [0.1, 0.15) is 15.9 Å². The molecule has 0 saturated heterocycles. The lowest BCUT2D eigenvalue weighted by molar-refractivity contribution is 0.102. The van der Waals surface area contributed by atoms with Crippen molar-refractivity contribution < 1.29 is 9.21 Å². The number of carbonyl (C=O) groups excluding carboxylic acids is 1. The van der Waals surface area contributed by atoms with Gasteiger partial charge < -0.3 is 9.73 Å². The van der Waals surface area contributed by atoms with Gasteiger partial charge in [-0.25, -0.2) is 4.79 Å². The number of halogens is 1. The van der Waals surface area contributed by atoms with Gasteiger partial charge in [0.25, 0.3) is 5.91 Å². The van der Waals surface area contributed by atoms with Crippen LogP contribution in [0.25, 0.3) is 21.7 Å². The van der Waals surface area contributed by atoms with E-state index >= 15 is 0 Å². The second-order valence-electron chi connectivity index (χ2n) is 6.06. The van der Waals surface area contributed by atoms with E-state index in [4.69, 9.17) is 16.0 Å². The normalized spacial score (nSPS) is 11.0. The van der Waals surface area contributed by atoms with Crippen molar-refractivity contribution in [2.45, 2.75) is 6.92 Å². The molecular formula is C21H14ClNO3. The lowest BCUT2D eigenvalue weighted by atomic mass is 10.0. The van der Waals surface area contributed by atoms with Crippen molar-refractivity contribution in [2.75, 3.05) is 5.32 Å². The van der Waals surface area contributed by atoms with Crippen LogP contribution in [0.2, 0.25) is 5.02 Å². The van der Waals surface area contributed by atoms with Crippen molar-refractivity contribution >= 4 is 44.9 Å². The Morgan fingerprint density at radius 1 is 1.00 bits per heavy atom. The number of aryl methyl sites for hydroxylation is 1. The Balaban J connectivity index is 1.82. The molecule has 0 saturated carbocycles. The SMILES string of the molecule is Cc1cc(Cl)ccc1NC(=O)c1cc2c(ccc3ccccc32)oc1=O. The molecule has 1 heterocycles. The van der Waals surface area contributed by atoms with Crippen LogP contribution in [0.3, 0.4) is 0 Å². The average molecular weight is 364 g/mol. The van der Waals surface area contributed by atoms with Gasteiger partial charge in [0, 0.05) is 16.1 Å². The number of benzene rings is 3. The van der Waals surface area contributed by atoms with Crippen molar-refractivity contribution in [2.24, 2.45) is 0 Å². The highest BCUT2D eigenvalue weighted by molar-refractivity contribution is 6.30. The van der Waals surface area contributed by atoms with Gasteiger partial charge >= 0.3 is 5.63 Å². The molecule has 0 aliphatic rings. The highest BCUT2D eigenvalue weighted by Gasteiger charge is 2.16. The molecule has 1 N–H and O–H groups in total. The zero-order valence-electron chi connectivity index (χ0n) is 13.9. The summed E-state index contributed by atoms with van der Waals surface area (Å²) in [6.45, 7) is 1.83. The topological polar surface area (TPSA) is 59.3 Å². The zero-order chi connectivity index (χ0) is 18.3. The molecule has 4 rings (SSSR count). The molecular weight excluding hydrogens is 350 g/mol. The number of rotatable bonds is 2. The molecule has 0 aliphatic heterocycles. The average Bonchev–Trinajstić information content (AvgIpc) is 2.63. The van der Waals surface area contributed by atoms with E-state index in [9.17, 15) is 9.59 Å². The first-order valence-corrected chi connectivity index (χ1v) is 8.44. The highest BCUT2D eigenvalue weighted by atomic mass is 35.5. The third-order valence-corrected chi connectivity index (χ3v) is 4.56. The minimum atomic E-state index is -0.670. The summed E-state index contributed by atoms with van der Waals surface area (Å²) in [5.74, 6) is -0.515. The van der Waals surface area contributed by atoms with Crippen LogP contribution in [-0.4, -0.2) is 5.91 Å². The summed E-state index contributed by atoms with van der Waals surface area (Å²) >= 11 is 5.94. The number of fused-ring (bicyclic) bond motifs is 3. The molecule has 5 heteroatoms. The molecule has 4 aromatic rings. The lowest BCUT2D eigenvalue weighted by Crippen LogP contribution is -2.21. The molecule has 1 amide bonds. The zero-order valence-corrected chi connectivity index (χ0v) is 14.6. The fraction of sp³-hybridized carbons (Fsp3) is 0.0476. The molecule has 3 aromatic carbocycles. The second kappa shape index (κ2) is 6.32. The molecule has 4 nitrogen and oxygen atoms in total. The fourth-order valence-electron chi connectivity index (χ4n) is 2.99. The van der Waals surface area contributed by atoms with Gasteiger partial charge in [0.1, 0.15) is 11.1 Å². The molecule has 0 atom stereocenters. The number of carbonyl (C=O) groups is 1. The van der Waals surface area contributed by atoms with Crippen molar-refractivity contribution in [3.63, 3.8) is 0 Å². The smallest absolute Gasteiger partial charge is 0.349 e. The molecule has 0 aliphatic carbocycles.